The van der Waals surface area contributed by atoms with E-state index >= 15 is 0 Å². The molecule has 1 atom stereocenters. The Morgan fingerprint density at radius 3 is 3.06 bits per heavy atom. The van der Waals surface area contributed by atoms with Gasteiger partial charge >= 0.3 is 0 Å². The van der Waals surface area contributed by atoms with Gasteiger partial charge in [0.05, 0.1) is 6.10 Å². The average Bonchev–Trinajstić information content (AvgIpc) is 2.82. The molecule has 2 rings (SSSR count). The molecule has 1 saturated heterocycles. The topological polar surface area (TPSA) is 71.0 Å². The molecule has 6 nitrogen and oxygen atoms in total. The number of hydrazone groups is 1. The lowest BCUT2D eigenvalue weighted by Gasteiger charge is -2.19. The van der Waals surface area contributed by atoms with Crippen LogP contribution in [0.2, 0.25) is 0 Å². The molecule has 2 aliphatic heterocycles. The minimum absolute atomic E-state index is 0.0549. The highest BCUT2D eigenvalue weighted by atomic mass is 16.5. The van der Waals surface area contributed by atoms with E-state index in [9.17, 15) is 9.59 Å². The Labute approximate surface area is 100.0 Å². The number of amides is 2. The smallest absolute Gasteiger partial charge is 0.267 e. The first-order valence-electron chi connectivity index (χ1n) is 5.90. The van der Waals surface area contributed by atoms with Crippen LogP contribution in [-0.4, -0.2) is 48.8 Å². The molecule has 17 heavy (non-hydrogen) atoms. The highest BCUT2D eigenvalue weighted by Gasteiger charge is 2.23. The molecule has 0 aromatic carbocycles. The Bertz CT molecular complexity index is 348. The van der Waals surface area contributed by atoms with Gasteiger partial charge in [-0.1, -0.05) is 0 Å². The van der Waals surface area contributed by atoms with Gasteiger partial charge in [-0.25, -0.2) is 5.01 Å². The summed E-state index contributed by atoms with van der Waals surface area (Å²) in [6.45, 7) is 1.30. The third kappa shape index (κ3) is 3.03. The van der Waals surface area contributed by atoms with Crippen molar-refractivity contribution in [1.29, 1.82) is 0 Å². The van der Waals surface area contributed by atoms with Crippen molar-refractivity contribution in [2.45, 2.75) is 31.8 Å². The van der Waals surface area contributed by atoms with Crippen molar-refractivity contribution in [3.63, 3.8) is 0 Å². The van der Waals surface area contributed by atoms with Crippen LogP contribution in [0, 0.1) is 0 Å². The standard InChI is InChI=1S/C11H17N3O3/c1-14-10(15)5-4-9(13-14)11(16)12-7-8-3-2-6-17-8/h8H,2-7H2,1H3,(H,12,16). The monoisotopic (exact) mass is 239 g/mol. The van der Waals surface area contributed by atoms with E-state index in [1.54, 1.807) is 7.05 Å². The number of nitrogens with zero attached hydrogens (tertiary/aromatic N) is 2. The van der Waals surface area contributed by atoms with Gasteiger partial charge in [0.25, 0.3) is 5.91 Å². The maximum Gasteiger partial charge on any atom is 0.267 e. The lowest BCUT2D eigenvalue weighted by Crippen LogP contribution is -2.40. The highest BCUT2D eigenvalue weighted by Crippen LogP contribution is 2.11. The van der Waals surface area contributed by atoms with E-state index in [0.717, 1.165) is 19.4 Å². The van der Waals surface area contributed by atoms with Crippen LogP contribution >= 0.6 is 0 Å². The van der Waals surface area contributed by atoms with Crippen LogP contribution in [-0.2, 0) is 14.3 Å². The summed E-state index contributed by atoms with van der Waals surface area (Å²) >= 11 is 0. The van der Waals surface area contributed by atoms with Crippen LogP contribution < -0.4 is 5.32 Å². The fourth-order valence-electron chi connectivity index (χ4n) is 1.95. The lowest BCUT2D eigenvalue weighted by atomic mass is 10.1. The molecule has 6 heteroatoms. The van der Waals surface area contributed by atoms with Crippen LogP contribution in [0.5, 0.6) is 0 Å². The number of hydrogen-bond acceptors (Lipinski definition) is 4. The van der Waals surface area contributed by atoms with Crippen LogP contribution in [0.1, 0.15) is 25.7 Å². The second-order valence-corrected chi connectivity index (χ2v) is 4.31. The summed E-state index contributed by atoms with van der Waals surface area (Å²) in [4.78, 5) is 23.0. The molecule has 2 aliphatic rings. The van der Waals surface area contributed by atoms with E-state index in [4.69, 9.17) is 4.74 Å². The van der Waals surface area contributed by atoms with Gasteiger partial charge in [0, 0.05) is 33.0 Å². The van der Waals surface area contributed by atoms with Crippen molar-refractivity contribution in [2.75, 3.05) is 20.2 Å². The lowest BCUT2D eigenvalue weighted by molar-refractivity contribution is -0.130. The van der Waals surface area contributed by atoms with Gasteiger partial charge in [0.2, 0.25) is 5.91 Å². The number of nitrogens with one attached hydrogen (secondary N) is 1. The molecule has 0 aromatic heterocycles. The molecular formula is C11H17N3O3. The predicted molar refractivity (Wildman–Crippen MR) is 61.4 cm³/mol. The van der Waals surface area contributed by atoms with Crippen LogP contribution in [0.4, 0.5) is 0 Å². The third-order valence-electron chi connectivity index (χ3n) is 2.98. The van der Waals surface area contributed by atoms with Gasteiger partial charge in [0.1, 0.15) is 5.71 Å². The zero-order valence-corrected chi connectivity index (χ0v) is 9.94. The zero-order chi connectivity index (χ0) is 12.3. The number of carbonyl (C=O) groups is 2. The van der Waals surface area contributed by atoms with Crippen LogP contribution in [0.3, 0.4) is 0 Å². The van der Waals surface area contributed by atoms with Crippen molar-refractivity contribution < 1.29 is 14.3 Å². The fraction of sp³-hybridized carbons (Fsp3) is 0.727. The Hall–Kier alpha value is -1.43. The molecule has 94 valence electrons. The second kappa shape index (κ2) is 5.27. The van der Waals surface area contributed by atoms with E-state index in [1.165, 1.54) is 5.01 Å². The van der Waals surface area contributed by atoms with Crippen molar-refractivity contribution in [2.24, 2.45) is 5.10 Å². The Morgan fingerprint density at radius 1 is 1.59 bits per heavy atom. The fourth-order valence-corrected chi connectivity index (χ4v) is 1.95. The largest absolute Gasteiger partial charge is 0.376 e. The number of hydrogen-bond donors (Lipinski definition) is 1. The number of carbonyl (C=O) groups excluding carboxylic acids is 2. The molecular weight excluding hydrogens is 222 g/mol. The summed E-state index contributed by atoms with van der Waals surface area (Å²) in [5.74, 6) is -0.250. The molecule has 1 unspecified atom stereocenters. The molecule has 0 saturated carbocycles. The van der Waals surface area contributed by atoms with Crippen molar-refractivity contribution in [3.05, 3.63) is 0 Å². The minimum Gasteiger partial charge on any atom is -0.376 e. The summed E-state index contributed by atoms with van der Waals surface area (Å²) in [6, 6.07) is 0. The third-order valence-corrected chi connectivity index (χ3v) is 2.98. The molecule has 1 fully saturated rings. The first-order chi connectivity index (χ1) is 8.16. The van der Waals surface area contributed by atoms with E-state index < -0.39 is 0 Å². The average molecular weight is 239 g/mol. The molecule has 1 N–H and O–H groups in total. The van der Waals surface area contributed by atoms with Gasteiger partial charge in [-0.2, -0.15) is 5.10 Å². The SMILES string of the molecule is CN1N=C(C(=O)NCC2CCCO2)CCC1=O. The number of rotatable bonds is 3. The maximum absolute atomic E-state index is 11.8. The number of ether oxygens (including phenoxy) is 1. The summed E-state index contributed by atoms with van der Waals surface area (Å²) in [5.41, 5.74) is 0.421. The van der Waals surface area contributed by atoms with E-state index in [2.05, 4.69) is 10.4 Å². The normalized spacial score (nSPS) is 24.8. The van der Waals surface area contributed by atoms with Crippen molar-refractivity contribution in [3.8, 4) is 0 Å². The summed E-state index contributed by atoms with van der Waals surface area (Å²) in [6.07, 6.45) is 2.94. The van der Waals surface area contributed by atoms with Crippen LogP contribution in [0.25, 0.3) is 0 Å². The highest BCUT2D eigenvalue weighted by molar-refractivity contribution is 6.39. The first kappa shape index (κ1) is 12.0. The second-order valence-electron chi connectivity index (χ2n) is 4.31. The molecule has 0 bridgehead atoms. The zero-order valence-electron chi connectivity index (χ0n) is 9.94. The Balaban J connectivity index is 1.83. The van der Waals surface area contributed by atoms with Gasteiger partial charge in [0.15, 0.2) is 0 Å². The molecule has 0 spiro atoms. The minimum atomic E-state index is -0.195. The summed E-state index contributed by atoms with van der Waals surface area (Å²) in [5, 5.41) is 7.98. The molecule has 2 heterocycles. The predicted octanol–water partition coefficient (Wildman–Crippen LogP) is -0.110. The van der Waals surface area contributed by atoms with Gasteiger partial charge in [-0.05, 0) is 12.8 Å². The van der Waals surface area contributed by atoms with Gasteiger partial charge < -0.3 is 10.1 Å². The maximum atomic E-state index is 11.8. The first-order valence-corrected chi connectivity index (χ1v) is 5.90. The summed E-state index contributed by atoms with van der Waals surface area (Å²) in [7, 11) is 1.56. The molecule has 0 aromatic rings. The molecule has 0 radical (unpaired) electrons. The summed E-state index contributed by atoms with van der Waals surface area (Å²) < 4.78 is 5.41. The van der Waals surface area contributed by atoms with E-state index in [1.807, 2.05) is 0 Å². The van der Waals surface area contributed by atoms with Gasteiger partial charge in [-0.15, -0.1) is 0 Å². The Kier molecular flexibility index (Phi) is 3.73. The molecule has 2 amide bonds. The van der Waals surface area contributed by atoms with Crippen LogP contribution in [0.15, 0.2) is 5.10 Å². The van der Waals surface area contributed by atoms with Gasteiger partial charge in [-0.3, -0.25) is 9.59 Å². The molecule has 0 aliphatic carbocycles. The Morgan fingerprint density at radius 2 is 2.41 bits per heavy atom. The van der Waals surface area contributed by atoms with E-state index in [-0.39, 0.29) is 17.9 Å². The van der Waals surface area contributed by atoms with Crippen molar-refractivity contribution in [1.82, 2.24) is 10.3 Å². The quantitative estimate of drug-likeness (QED) is 0.747. The van der Waals surface area contributed by atoms with Crippen molar-refractivity contribution >= 4 is 17.5 Å². The van der Waals surface area contributed by atoms with E-state index in [0.29, 0.717) is 25.1 Å².